The maximum atomic E-state index is 13.5. The van der Waals surface area contributed by atoms with Crippen LogP contribution < -0.4 is 16.2 Å². The summed E-state index contributed by atoms with van der Waals surface area (Å²) in [5, 5.41) is 3.44. The summed E-state index contributed by atoms with van der Waals surface area (Å²) >= 11 is 12.3. The van der Waals surface area contributed by atoms with E-state index in [1.165, 1.54) is 17.8 Å². The number of hydrazine groups is 1. The van der Waals surface area contributed by atoms with Gasteiger partial charge in [-0.1, -0.05) is 35.9 Å². The van der Waals surface area contributed by atoms with Gasteiger partial charge in [-0.25, -0.2) is 4.39 Å². The zero-order chi connectivity index (χ0) is 17.4. The lowest BCUT2D eigenvalue weighted by Crippen LogP contribution is -2.44. The third-order valence-corrected chi connectivity index (χ3v) is 4.27. The summed E-state index contributed by atoms with van der Waals surface area (Å²) < 4.78 is 13.5. The number of halogens is 2. The molecule has 4 nitrogen and oxygen atoms in total. The van der Waals surface area contributed by atoms with E-state index in [2.05, 4.69) is 16.2 Å². The average Bonchev–Trinajstić information content (AvgIpc) is 2.55. The van der Waals surface area contributed by atoms with Crippen molar-refractivity contribution in [3.8, 4) is 0 Å². The molecule has 0 aliphatic carbocycles. The normalized spacial score (nSPS) is 10.1. The van der Waals surface area contributed by atoms with Gasteiger partial charge in [-0.05, 0) is 42.0 Å². The minimum absolute atomic E-state index is 0.105. The second kappa shape index (κ2) is 9.46. The Bertz CT molecular complexity index is 730. The van der Waals surface area contributed by atoms with Crippen LogP contribution in [0.25, 0.3) is 0 Å². The molecule has 0 unspecified atom stereocenters. The van der Waals surface area contributed by atoms with E-state index in [4.69, 9.17) is 23.8 Å². The molecule has 0 aromatic heterocycles. The number of hydrogen-bond donors (Lipinski definition) is 3. The van der Waals surface area contributed by atoms with Crippen LogP contribution in [-0.4, -0.2) is 16.8 Å². The fraction of sp³-hybridized carbons (Fsp3) is 0.125. The minimum atomic E-state index is -0.426. The zero-order valence-corrected chi connectivity index (χ0v) is 14.9. The van der Waals surface area contributed by atoms with Crippen molar-refractivity contribution in [1.29, 1.82) is 0 Å². The van der Waals surface area contributed by atoms with Crippen molar-refractivity contribution < 1.29 is 9.18 Å². The summed E-state index contributed by atoms with van der Waals surface area (Å²) in [5.74, 6) is 0.262. The van der Waals surface area contributed by atoms with Crippen molar-refractivity contribution in [3.63, 3.8) is 0 Å². The minimum Gasteiger partial charge on any atom is -0.329 e. The lowest BCUT2D eigenvalue weighted by Gasteiger charge is -2.12. The van der Waals surface area contributed by atoms with Crippen LogP contribution in [0.3, 0.4) is 0 Å². The maximum absolute atomic E-state index is 13.5. The largest absolute Gasteiger partial charge is 0.329 e. The molecule has 0 bridgehead atoms. The molecule has 0 heterocycles. The van der Waals surface area contributed by atoms with E-state index in [9.17, 15) is 9.18 Å². The van der Waals surface area contributed by atoms with Gasteiger partial charge in [0, 0.05) is 10.8 Å². The van der Waals surface area contributed by atoms with Crippen LogP contribution in [0.15, 0.2) is 48.5 Å². The third kappa shape index (κ3) is 6.35. The number of carbonyl (C=O) groups is 1. The summed E-state index contributed by atoms with van der Waals surface area (Å²) in [5.41, 5.74) is 6.28. The summed E-state index contributed by atoms with van der Waals surface area (Å²) in [6, 6.07) is 13.6. The molecule has 1 amide bonds. The average molecular weight is 384 g/mol. The number of para-hydroxylation sites is 1. The molecule has 0 fully saturated rings. The molecule has 0 aliphatic heterocycles. The predicted molar refractivity (Wildman–Crippen MR) is 102 cm³/mol. The topological polar surface area (TPSA) is 53.2 Å². The number of hydrogen-bond acceptors (Lipinski definition) is 3. The Morgan fingerprint density at radius 1 is 1.17 bits per heavy atom. The second-order valence-corrected chi connectivity index (χ2v) is 6.56. The Balaban J connectivity index is 1.67. The third-order valence-electron chi connectivity index (χ3n) is 2.83. The maximum Gasteiger partial charge on any atom is 0.248 e. The van der Waals surface area contributed by atoms with E-state index in [1.807, 2.05) is 18.2 Å². The number of thiocarbonyl (C=S) groups is 1. The van der Waals surface area contributed by atoms with Gasteiger partial charge in [0.2, 0.25) is 5.91 Å². The second-order valence-electron chi connectivity index (χ2n) is 4.73. The first-order valence-corrected chi connectivity index (χ1v) is 8.91. The van der Waals surface area contributed by atoms with Crippen molar-refractivity contribution in [3.05, 3.63) is 64.9 Å². The Kier molecular flexibility index (Phi) is 7.30. The molecule has 24 heavy (non-hydrogen) atoms. The van der Waals surface area contributed by atoms with Crippen LogP contribution in [0.1, 0.15) is 5.56 Å². The molecule has 8 heteroatoms. The van der Waals surface area contributed by atoms with E-state index >= 15 is 0 Å². The Morgan fingerprint density at radius 3 is 2.71 bits per heavy atom. The SMILES string of the molecule is O=C(CSCc1cccc(Cl)c1)NNC(=S)Nc1ccccc1F. The van der Waals surface area contributed by atoms with Crippen LogP contribution in [0, 0.1) is 5.82 Å². The lowest BCUT2D eigenvalue weighted by molar-refractivity contribution is -0.119. The molecule has 126 valence electrons. The fourth-order valence-corrected chi connectivity index (χ4v) is 2.92. The highest BCUT2D eigenvalue weighted by Gasteiger charge is 2.05. The molecule has 2 rings (SSSR count). The zero-order valence-electron chi connectivity index (χ0n) is 12.5. The van der Waals surface area contributed by atoms with Crippen LogP contribution in [-0.2, 0) is 10.5 Å². The lowest BCUT2D eigenvalue weighted by atomic mass is 10.2. The number of amides is 1. The van der Waals surface area contributed by atoms with Gasteiger partial charge < -0.3 is 5.32 Å². The number of carbonyl (C=O) groups excluding carboxylic acids is 1. The van der Waals surface area contributed by atoms with Crippen LogP contribution in [0.5, 0.6) is 0 Å². The standard InChI is InChI=1S/C16H15ClFN3OS2/c17-12-5-3-4-11(8-12)9-24-10-15(22)20-21-16(23)19-14-7-2-1-6-13(14)18/h1-8H,9-10H2,(H,20,22)(H2,19,21,23). The Hall–Kier alpha value is -1.83. The highest BCUT2D eigenvalue weighted by Crippen LogP contribution is 2.16. The molecule has 2 aromatic carbocycles. The van der Waals surface area contributed by atoms with Gasteiger partial charge in [0.15, 0.2) is 5.11 Å². The molecule has 0 atom stereocenters. The van der Waals surface area contributed by atoms with Crippen molar-refractivity contribution in [2.45, 2.75) is 5.75 Å². The van der Waals surface area contributed by atoms with Crippen molar-refractivity contribution >= 4 is 52.3 Å². The van der Waals surface area contributed by atoms with E-state index < -0.39 is 5.82 Å². The van der Waals surface area contributed by atoms with Gasteiger partial charge in [-0.2, -0.15) is 0 Å². The number of anilines is 1. The Morgan fingerprint density at radius 2 is 1.96 bits per heavy atom. The highest BCUT2D eigenvalue weighted by atomic mass is 35.5. The molecule has 3 N–H and O–H groups in total. The first kappa shape index (κ1) is 18.5. The van der Waals surface area contributed by atoms with E-state index in [0.29, 0.717) is 10.8 Å². The van der Waals surface area contributed by atoms with Gasteiger partial charge in [0.25, 0.3) is 0 Å². The molecule has 0 saturated carbocycles. The van der Waals surface area contributed by atoms with E-state index in [0.717, 1.165) is 5.56 Å². The monoisotopic (exact) mass is 383 g/mol. The van der Waals surface area contributed by atoms with E-state index in [1.54, 1.807) is 24.3 Å². The van der Waals surface area contributed by atoms with Gasteiger partial charge in [-0.3, -0.25) is 15.6 Å². The van der Waals surface area contributed by atoms with Crippen LogP contribution in [0.2, 0.25) is 5.02 Å². The van der Waals surface area contributed by atoms with Gasteiger partial charge in [-0.15, -0.1) is 11.8 Å². The molecular weight excluding hydrogens is 369 g/mol. The molecule has 0 spiro atoms. The predicted octanol–water partition coefficient (Wildman–Crippen LogP) is 3.73. The molecule has 0 aliphatic rings. The molecular formula is C16H15ClFN3OS2. The summed E-state index contributed by atoms with van der Waals surface area (Å²) in [7, 11) is 0. The Labute approximate surface area is 154 Å². The summed E-state index contributed by atoms with van der Waals surface area (Å²) in [6.07, 6.45) is 0. The smallest absolute Gasteiger partial charge is 0.248 e. The van der Waals surface area contributed by atoms with Crippen molar-refractivity contribution in [1.82, 2.24) is 10.9 Å². The number of nitrogens with one attached hydrogen (secondary N) is 3. The summed E-state index contributed by atoms with van der Waals surface area (Å²) in [6.45, 7) is 0. The van der Waals surface area contributed by atoms with Gasteiger partial charge in [0.05, 0.1) is 11.4 Å². The number of benzene rings is 2. The van der Waals surface area contributed by atoms with Gasteiger partial charge >= 0.3 is 0 Å². The van der Waals surface area contributed by atoms with Gasteiger partial charge in [0.1, 0.15) is 5.82 Å². The fourth-order valence-electron chi connectivity index (χ4n) is 1.77. The highest BCUT2D eigenvalue weighted by molar-refractivity contribution is 7.99. The van der Waals surface area contributed by atoms with E-state index in [-0.39, 0.29) is 22.5 Å². The molecule has 0 saturated heterocycles. The molecule has 2 aromatic rings. The first-order valence-electron chi connectivity index (χ1n) is 6.97. The van der Waals surface area contributed by atoms with Crippen LogP contribution in [0.4, 0.5) is 10.1 Å². The number of thioether (sulfide) groups is 1. The van der Waals surface area contributed by atoms with Crippen molar-refractivity contribution in [2.24, 2.45) is 0 Å². The summed E-state index contributed by atoms with van der Waals surface area (Å²) in [4.78, 5) is 11.7. The molecule has 0 radical (unpaired) electrons. The quantitative estimate of drug-likeness (QED) is 0.542. The van der Waals surface area contributed by atoms with Crippen molar-refractivity contribution in [2.75, 3.05) is 11.1 Å². The first-order chi connectivity index (χ1) is 11.5. The number of rotatable bonds is 5. The van der Waals surface area contributed by atoms with Crippen LogP contribution >= 0.6 is 35.6 Å².